The van der Waals surface area contributed by atoms with Crippen LogP contribution in [0.3, 0.4) is 0 Å². The standard InChI is InChI=1S/C14H22N6O2/c1-9-10(7-16-19-9)5-15-6-11-8-17-20-12(11)18-13(21)22-14(2,3)4/h7-8,15H,5-6H2,1-4H3,(H,16,19)(H2,17,18,20,21). The van der Waals surface area contributed by atoms with Gasteiger partial charge in [0.2, 0.25) is 0 Å². The van der Waals surface area contributed by atoms with Crippen molar-refractivity contribution in [3.63, 3.8) is 0 Å². The molecule has 0 saturated heterocycles. The minimum Gasteiger partial charge on any atom is -0.444 e. The second-order valence-electron chi connectivity index (χ2n) is 6.02. The lowest BCUT2D eigenvalue weighted by Gasteiger charge is -2.19. The minimum atomic E-state index is -0.540. The normalized spacial score (nSPS) is 11.5. The molecule has 0 aliphatic rings. The molecule has 0 aliphatic heterocycles. The Hall–Kier alpha value is -2.35. The van der Waals surface area contributed by atoms with Crippen LogP contribution in [0.15, 0.2) is 12.4 Å². The van der Waals surface area contributed by atoms with Crippen molar-refractivity contribution in [2.45, 2.75) is 46.4 Å². The zero-order chi connectivity index (χ0) is 16.2. The monoisotopic (exact) mass is 306 g/mol. The third-order valence-corrected chi connectivity index (χ3v) is 2.91. The summed E-state index contributed by atoms with van der Waals surface area (Å²) in [7, 11) is 0. The Bertz CT molecular complexity index is 625. The largest absolute Gasteiger partial charge is 0.444 e. The fourth-order valence-corrected chi connectivity index (χ4v) is 1.84. The molecule has 1 amide bonds. The number of carbonyl (C=O) groups excluding carboxylic acids is 1. The molecule has 0 saturated carbocycles. The molecule has 8 nitrogen and oxygen atoms in total. The van der Waals surface area contributed by atoms with Crippen LogP contribution in [0.5, 0.6) is 0 Å². The minimum absolute atomic E-state index is 0.510. The molecule has 0 fully saturated rings. The number of aryl methyl sites for hydroxylation is 1. The van der Waals surface area contributed by atoms with Crippen molar-refractivity contribution in [3.05, 3.63) is 29.2 Å². The summed E-state index contributed by atoms with van der Waals surface area (Å²) in [5, 5.41) is 19.5. The van der Waals surface area contributed by atoms with Crippen LogP contribution in [0.1, 0.15) is 37.6 Å². The highest BCUT2D eigenvalue weighted by Crippen LogP contribution is 2.14. The Morgan fingerprint density at radius 3 is 2.45 bits per heavy atom. The van der Waals surface area contributed by atoms with Crippen LogP contribution in [0.25, 0.3) is 0 Å². The van der Waals surface area contributed by atoms with Gasteiger partial charge in [-0.2, -0.15) is 10.2 Å². The molecule has 2 aromatic heterocycles. The van der Waals surface area contributed by atoms with Gasteiger partial charge in [-0.05, 0) is 27.7 Å². The molecule has 0 bridgehead atoms. The third kappa shape index (κ3) is 4.59. The smallest absolute Gasteiger partial charge is 0.413 e. The topological polar surface area (TPSA) is 108 Å². The SMILES string of the molecule is Cc1[nH]ncc1CNCc1cn[nH]c1NC(=O)OC(C)(C)C. The van der Waals surface area contributed by atoms with Crippen LogP contribution in [0.4, 0.5) is 10.6 Å². The lowest BCUT2D eigenvalue weighted by Crippen LogP contribution is -2.27. The molecule has 2 rings (SSSR count). The summed E-state index contributed by atoms with van der Waals surface area (Å²) in [6.45, 7) is 8.66. The second-order valence-corrected chi connectivity index (χ2v) is 6.02. The Labute approximate surface area is 129 Å². The van der Waals surface area contributed by atoms with Crippen molar-refractivity contribution in [2.75, 3.05) is 5.32 Å². The molecule has 120 valence electrons. The molecule has 8 heteroatoms. The van der Waals surface area contributed by atoms with E-state index in [1.165, 1.54) is 0 Å². The van der Waals surface area contributed by atoms with Crippen molar-refractivity contribution < 1.29 is 9.53 Å². The van der Waals surface area contributed by atoms with E-state index in [2.05, 4.69) is 31.0 Å². The molecule has 2 heterocycles. The number of amides is 1. The summed E-state index contributed by atoms with van der Waals surface area (Å²) in [6, 6.07) is 0. The Kier molecular flexibility index (Phi) is 4.81. The first kappa shape index (κ1) is 16.0. The van der Waals surface area contributed by atoms with Gasteiger partial charge >= 0.3 is 6.09 Å². The van der Waals surface area contributed by atoms with E-state index >= 15 is 0 Å². The van der Waals surface area contributed by atoms with Crippen molar-refractivity contribution in [2.24, 2.45) is 0 Å². The van der Waals surface area contributed by atoms with Gasteiger partial charge in [0.1, 0.15) is 11.4 Å². The predicted molar refractivity (Wildman–Crippen MR) is 82.3 cm³/mol. The Morgan fingerprint density at radius 2 is 1.82 bits per heavy atom. The molecule has 0 unspecified atom stereocenters. The lowest BCUT2D eigenvalue weighted by molar-refractivity contribution is 0.0635. The van der Waals surface area contributed by atoms with Crippen LogP contribution in [0.2, 0.25) is 0 Å². The quantitative estimate of drug-likeness (QED) is 0.676. The zero-order valence-corrected chi connectivity index (χ0v) is 13.3. The van der Waals surface area contributed by atoms with Crippen LogP contribution in [-0.4, -0.2) is 32.1 Å². The third-order valence-electron chi connectivity index (χ3n) is 2.91. The highest BCUT2D eigenvalue weighted by Gasteiger charge is 2.17. The summed E-state index contributed by atoms with van der Waals surface area (Å²) in [6.07, 6.45) is 2.95. The maximum Gasteiger partial charge on any atom is 0.413 e. The van der Waals surface area contributed by atoms with Crippen molar-refractivity contribution in [3.8, 4) is 0 Å². The van der Waals surface area contributed by atoms with Crippen LogP contribution < -0.4 is 10.6 Å². The van der Waals surface area contributed by atoms with Crippen molar-refractivity contribution in [1.82, 2.24) is 25.7 Å². The van der Waals surface area contributed by atoms with Crippen LogP contribution in [-0.2, 0) is 17.8 Å². The molecular formula is C14H22N6O2. The van der Waals surface area contributed by atoms with E-state index in [0.29, 0.717) is 18.9 Å². The molecule has 0 spiro atoms. The maximum absolute atomic E-state index is 11.8. The van der Waals surface area contributed by atoms with E-state index in [1.54, 1.807) is 12.4 Å². The summed E-state index contributed by atoms with van der Waals surface area (Å²) < 4.78 is 5.21. The molecule has 2 aromatic rings. The number of anilines is 1. The van der Waals surface area contributed by atoms with Gasteiger partial charge in [-0.1, -0.05) is 0 Å². The van der Waals surface area contributed by atoms with Gasteiger partial charge in [0, 0.05) is 29.9 Å². The average Bonchev–Trinajstić information content (AvgIpc) is 2.98. The molecule has 0 radical (unpaired) electrons. The summed E-state index contributed by atoms with van der Waals surface area (Å²) in [5.74, 6) is 0.533. The van der Waals surface area contributed by atoms with E-state index in [1.807, 2.05) is 27.7 Å². The van der Waals surface area contributed by atoms with Gasteiger partial charge in [0.05, 0.1) is 12.4 Å². The number of ether oxygens (including phenoxy) is 1. The number of rotatable bonds is 5. The van der Waals surface area contributed by atoms with Gasteiger partial charge in [-0.15, -0.1) is 0 Å². The van der Waals surface area contributed by atoms with Crippen molar-refractivity contribution in [1.29, 1.82) is 0 Å². The summed E-state index contributed by atoms with van der Waals surface area (Å²) in [5.41, 5.74) is 2.45. The fourth-order valence-electron chi connectivity index (χ4n) is 1.84. The van der Waals surface area contributed by atoms with Gasteiger partial charge in [-0.3, -0.25) is 15.5 Å². The highest BCUT2D eigenvalue weighted by molar-refractivity contribution is 5.84. The van der Waals surface area contributed by atoms with E-state index in [-0.39, 0.29) is 0 Å². The molecule has 22 heavy (non-hydrogen) atoms. The number of carbonyl (C=O) groups is 1. The summed E-state index contributed by atoms with van der Waals surface area (Å²) in [4.78, 5) is 11.8. The van der Waals surface area contributed by atoms with Gasteiger partial charge < -0.3 is 10.1 Å². The number of aromatic nitrogens is 4. The molecular weight excluding hydrogens is 284 g/mol. The highest BCUT2D eigenvalue weighted by atomic mass is 16.6. The van der Waals surface area contributed by atoms with Gasteiger partial charge in [0.25, 0.3) is 0 Å². The van der Waals surface area contributed by atoms with Crippen LogP contribution >= 0.6 is 0 Å². The van der Waals surface area contributed by atoms with E-state index in [0.717, 1.165) is 16.8 Å². The first-order valence-corrected chi connectivity index (χ1v) is 7.07. The Morgan fingerprint density at radius 1 is 1.18 bits per heavy atom. The van der Waals surface area contributed by atoms with Crippen LogP contribution in [0, 0.1) is 6.92 Å². The number of nitrogens with zero attached hydrogens (tertiary/aromatic N) is 2. The number of aromatic amines is 2. The fraction of sp³-hybridized carbons (Fsp3) is 0.500. The number of hydrogen-bond acceptors (Lipinski definition) is 5. The first-order chi connectivity index (χ1) is 10.3. The predicted octanol–water partition coefficient (Wildman–Crippen LogP) is 2.08. The van der Waals surface area contributed by atoms with E-state index < -0.39 is 11.7 Å². The first-order valence-electron chi connectivity index (χ1n) is 7.07. The average molecular weight is 306 g/mol. The van der Waals surface area contributed by atoms with Gasteiger partial charge in [-0.25, -0.2) is 4.79 Å². The maximum atomic E-state index is 11.8. The second kappa shape index (κ2) is 6.61. The number of nitrogens with one attached hydrogen (secondary N) is 4. The number of hydrogen-bond donors (Lipinski definition) is 4. The number of H-pyrrole nitrogens is 2. The van der Waals surface area contributed by atoms with Crippen molar-refractivity contribution >= 4 is 11.9 Å². The summed E-state index contributed by atoms with van der Waals surface area (Å²) >= 11 is 0. The van der Waals surface area contributed by atoms with Gasteiger partial charge in [0.15, 0.2) is 0 Å². The lowest BCUT2D eigenvalue weighted by atomic mass is 10.2. The van der Waals surface area contributed by atoms with E-state index in [9.17, 15) is 4.79 Å². The molecule has 0 atom stereocenters. The molecule has 0 aromatic carbocycles. The molecule has 4 N–H and O–H groups in total. The molecule has 0 aliphatic carbocycles. The Balaban J connectivity index is 1.87. The zero-order valence-electron chi connectivity index (χ0n) is 13.3. The van der Waals surface area contributed by atoms with E-state index in [4.69, 9.17) is 4.74 Å².